The van der Waals surface area contributed by atoms with Gasteiger partial charge in [0.1, 0.15) is 5.82 Å². The molecule has 5 rings (SSSR count). The van der Waals surface area contributed by atoms with Gasteiger partial charge in [-0.25, -0.2) is 4.98 Å². The zero-order valence-corrected chi connectivity index (χ0v) is 22.1. The molecule has 4 aromatic rings. The fourth-order valence-electron chi connectivity index (χ4n) is 4.39. The summed E-state index contributed by atoms with van der Waals surface area (Å²) in [6.07, 6.45) is 1.66. The number of hydrogen-bond donors (Lipinski definition) is 4. The van der Waals surface area contributed by atoms with Gasteiger partial charge in [0.05, 0.1) is 23.8 Å². The Hall–Kier alpha value is -3.65. The summed E-state index contributed by atoms with van der Waals surface area (Å²) in [5.74, 6) is 0.254. The van der Waals surface area contributed by atoms with E-state index >= 15 is 0 Å². The smallest absolute Gasteiger partial charge is 0.259 e. The molecule has 37 heavy (non-hydrogen) atoms. The predicted molar refractivity (Wildman–Crippen MR) is 154 cm³/mol. The predicted octanol–water partition coefficient (Wildman–Crippen LogP) is 5.78. The first-order valence-electron chi connectivity index (χ1n) is 11.7. The van der Waals surface area contributed by atoms with Gasteiger partial charge >= 0.3 is 0 Å². The molecule has 9 heteroatoms. The molecule has 0 bridgehead atoms. The molecule has 0 spiro atoms. The molecule has 192 valence electrons. The molecule has 1 aliphatic rings. The van der Waals surface area contributed by atoms with Crippen LogP contribution in [0.3, 0.4) is 0 Å². The van der Waals surface area contributed by atoms with Crippen LogP contribution in [0.5, 0.6) is 0 Å². The Morgan fingerprint density at radius 3 is 2.49 bits per heavy atom. The molecule has 0 saturated carbocycles. The van der Waals surface area contributed by atoms with Gasteiger partial charge in [0.2, 0.25) is 5.91 Å². The van der Waals surface area contributed by atoms with Crippen molar-refractivity contribution >= 4 is 64.6 Å². The Bertz CT molecular complexity index is 1410. The maximum Gasteiger partial charge on any atom is 0.259 e. The lowest BCUT2D eigenvalue weighted by molar-refractivity contribution is -0.115. The quantitative estimate of drug-likeness (QED) is 0.258. The van der Waals surface area contributed by atoms with E-state index in [2.05, 4.69) is 38.4 Å². The number of benzene rings is 3. The van der Waals surface area contributed by atoms with E-state index in [1.165, 1.54) is 0 Å². The van der Waals surface area contributed by atoms with Crippen molar-refractivity contribution in [3.05, 3.63) is 95.7 Å². The van der Waals surface area contributed by atoms with Gasteiger partial charge in [0.25, 0.3) is 5.91 Å². The summed E-state index contributed by atoms with van der Waals surface area (Å²) in [5, 5.41) is 14.7. The lowest BCUT2D eigenvalue weighted by atomic mass is 9.94. The highest BCUT2D eigenvalue weighted by molar-refractivity contribution is 6.07. The number of nitrogens with one attached hydrogen (secondary N) is 4. The van der Waals surface area contributed by atoms with Crippen LogP contribution in [0.15, 0.2) is 79.0 Å². The van der Waals surface area contributed by atoms with Gasteiger partial charge in [-0.1, -0.05) is 48.5 Å². The van der Waals surface area contributed by atoms with Crippen LogP contribution < -0.4 is 21.3 Å². The number of pyridine rings is 1. The number of carbonyl (C=O) groups excluding carboxylic acids is 2. The molecule has 0 aliphatic carbocycles. The molecule has 1 aliphatic heterocycles. The minimum atomic E-state index is -0.229. The molecule has 1 aromatic heterocycles. The molecule has 1 unspecified atom stereocenters. The van der Waals surface area contributed by atoms with E-state index in [1.54, 1.807) is 18.3 Å². The fraction of sp³-hybridized carbons (Fsp3) is 0.179. The maximum atomic E-state index is 12.9. The summed E-state index contributed by atoms with van der Waals surface area (Å²) in [6, 6.07) is 23.3. The summed E-state index contributed by atoms with van der Waals surface area (Å²) in [4.78, 5) is 29.7. The van der Waals surface area contributed by atoms with E-state index in [0.717, 1.165) is 27.6 Å². The van der Waals surface area contributed by atoms with Crippen molar-refractivity contribution in [1.82, 2.24) is 10.3 Å². The van der Waals surface area contributed by atoms with Crippen molar-refractivity contribution in [1.29, 1.82) is 0 Å². The van der Waals surface area contributed by atoms with Crippen molar-refractivity contribution in [2.45, 2.75) is 25.9 Å². The number of amides is 2. The molecule has 7 nitrogen and oxygen atoms in total. The van der Waals surface area contributed by atoms with Crippen molar-refractivity contribution < 1.29 is 9.59 Å². The molecule has 0 saturated heterocycles. The highest BCUT2D eigenvalue weighted by Gasteiger charge is 2.24. The van der Waals surface area contributed by atoms with E-state index in [0.29, 0.717) is 17.1 Å². The molecule has 3 aromatic carbocycles. The number of aromatic nitrogens is 1. The van der Waals surface area contributed by atoms with Crippen LogP contribution in [0.1, 0.15) is 41.4 Å². The van der Waals surface area contributed by atoms with Gasteiger partial charge in [-0.15, -0.1) is 24.8 Å². The molecule has 4 N–H and O–H groups in total. The third kappa shape index (κ3) is 6.02. The second kappa shape index (κ2) is 12.1. The molecular weight excluding hydrogens is 509 g/mol. The van der Waals surface area contributed by atoms with Gasteiger partial charge in [-0.2, -0.15) is 0 Å². The minimum Gasteiger partial charge on any atom is -0.367 e. The van der Waals surface area contributed by atoms with E-state index < -0.39 is 0 Å². The second-order valence-electron chi connectivity index (χ2n) is 8.89. The van der Waals surface area contributed by atoms with E-state index in [4.69, 9.17) is 0 Å². The van der Waals surface area contributed by atoms with Crippen LogP contribution in [0.25, 0.3) is 10.8 Å². The van der Waals surface area contributed by atoms with Crippen molar-refractivity contribution in [2.75, 3.05) is 22.5 Å². The number of anilines is 3. The van der Waals surface area contributed by atoms with Crippen LogP contribution in [-0.4, -0.2) is 29.4 Å². The SMILES string of the molecule is CC(C)Nc1ncccc1C(=O)Nc1ccc(C2NCC(=O)Nc3c2ccc2ccccc32)cc1.Cl.Cl. The van der Waals surface area contributed by atoms with Gasteiger partial charge in [-0.3, -0.25) is 14.9 Å². The van der Waals surface area contributed by atoms with Crippen LogP contribution in [0, 0.1) is 0 Å². The Kier molecular flexibility index (Phi) is 9.10. The van der Waals surface area contributed by atoms with Crippen LogP contribution >= 0.6 is 24.8 Å². The van der Waals surface area contributed by atoms with Gasteiger partial charge < -0.3 is 16.0 Å². The number of hydrogen-bond acceptors (Lipinski definition) is 5. The van der Waals surface area contributed by atoms with Crippen molar-refractivity contribution in [3.63, 3.8) is 0 Å². The number of carbonyl (C=O) groups is 2. The number of nitrogens with zero attached hydrogens (tertiary/aromatic N) is 1. The first kappa shape index (κ1) is 27.9. The van der Waals surface area contributed by atoms with Gasteiger partial charge in [0.15, 0.2) is 0 Å². The molecule has 2 amide bonds. The highest BCUT2D eigenvalue weighted by atomic mass is 35.5. The molecule has 1 atom stereocenters. The number of rotatable bonds is 5. The zero-order valence-electron chi connectivity index (χ0n) is 20.4. The Morgan fingerprint density at radius 1 is 0.973 bits per heavy atom. The lowest BCUT2D eigenvalue weighted by Gasteiger charge is -2.20. The summed E-state index contributed by atoms with van der Waals surface area (Å²) in [6.45, 7) is 4.21. The summed E-state index contributed by atoms with van der Waals surface area (Å²) < 4.78 is 0. The molecular formula is C28H29Cl2N5O2. The highest BCUT2D eigenvalue weighted by Crippen LogP contribution is 2.36. The van der Waals surface area contributed by atoms with Crippen LogP contribution in [0.4, 0.5) is 17.2 Å². The summed E-state index contributed by atoms with van der Waals surface area (Å²) in [5.41, 5.74) is 4.01. The Labute approximate surface area is 228 Å². The standard InChI is InChI=1S/C28H27N5O2.2ClH/c1-17(2)31-27-23(8-5-15-29-27)28(35)32-20-12-9-19(10-13-20)25-22-14-11-18-6-3-4-7-21(18)26(22)33-24(34)16-30-25;;/h3-15,17,25,30H,16H2,1-2H3,(H,29,31)(H,32,35)(H,33,34);2*1H. The average Bonchev–Trinajstić information content (AvgIpc) is 3.03. The lowest BCUT2D eigenvalue weighted by Crippen LogP contribution is -2.27. The summed E-state index contributed by atoms with van der Waals surface area (Å²) in [7, 11) is 0. The van der Waals surface area contributed by atoms with Crippen LogP contribution in [-0.2, 0) is 4.79 Å². The van der Waals surface area contributed by atoms with E-state index in [-0.39, 0.29) is 55.3 Å². The van der Waals surface area contributed by atoms with E-state index in [1.807, 2.05) is 62.4 Å². The van der Waals surface area contributed by atoms with E-state index in [9.17, 15) is 9.59 Å². The third-order valence-electron chi connectivity index (χ3n) is 5.98. The van der Waals surface area contributed by atoms with Crippen molar-refractivity contribution in [3.8, 4) is 0 Å². The average molecular weight is 538 g/mol. The monoisotopic (exact) mass is 537 g/mol. The topological polar surface area (TPSA) is 95.2 Å². The largest absolute Gasteiger partial charge is 0.367 e. The normalized spacial score (nSPS) is 14.5. The third-order valence-corrected chi connectivity index (χ3v) is 5.98. The molecule has 0 fully saturated rings. The number of fused-ring (bicyclic) bond motifs is 3. The first-order chi connectivity index (χ1) is 17.0. The number of halogens is 2. The summed E-state index contributed by atoms with van der Waals surface area (Å²) >= 11 is 0. The van der Waals surface area contributed by atoms with Gasteiger partial charge in [0, 0.05) is 23.3 Å². The van der Waals surface area contributed by atoms with Crippen LogP contribution in [0.2, 0.25) is 0 Å². The molecule has 0 radical (unpaired) electrons. The molecule has 2 heterocycles. The van der Waals surface area contributed by atoms with Crippen molar-refractivity contribution in [2.24, 2.45) is 0 Å². The maximum absolute atomic E-state index is 12.9. The fourth-order valence-corrected chi connectivity index (χ4v) is 4.39. The zero-order chi connectivity index (χ0) is 24.4. The Balaban J connectivity index is 0.00000190. The Morgan fingerprint density at radius 2 is 1.73 bits per heavy atom. The minimum absolute atomic E-state index is 0. The first-order valence-corrected chi connectivity index (χ1v) is 11.7. The second-order valence-corrected chi connectivity index (χ2v) is 8.89. The van der Waals surface area contributed by atoms with Gasteiger partial charge in [-0.05, 0) is 54.6 Å².